The number of carbonyl (C=O) groups is 1. The molecule has 4 rings (SSSR count). The first kappa shape index (κ1) is 28.8. The van der Waals surface area contributed by atoms with E-state index in [2.05, 4.69) is 0 Å². The summed E-state index contributed by atoms with van der Waals surface area (Å²) in [6, 6.07) is 19.1. The van der Waals surface area contributed by atoms with Gasteiger partial charge in [-0.3, -0.25) is 9.69 Å². The van der Waals surface area contributed by atoms with Gasteiger partial charge in [-0.15, -0.1) is 0 Å². The van der Waals surface area contributed by atoms with Crippen LogP contribution in [0.3, 0.4) is 0 Å². The van der Waals surface area contributed by atoms with Crippen LogP contribution in [0.5, 0.6) is 28.7 Å². The predicted molar refractivity (Wildman–Crippen MR) is 158 cm³/mol. The zero-order chi connectivity index (χ0) is 28.6. The van der Waals surface area contributed by atoms with Crippen molar-refractivity contribution in [1.82, 2.24) is 9.80 Å². The van der Waals surface area contributed by atoms with E-state index in [9.17, 15) is 4.79 Å². The Balaban J connectivity index is 1.58. The molecule has 210 valence electrons. The second-order valence-corrected chi connectivity index (χ2v) is 9.44. The standard InChI is InChI=1S/C31H34N2O6S/c1-35-24-10-6-21(7-11-24)18-25-30(34)33(17-15-23-9-13-27(37-3)29(20-23)39-5)31(40)32(25)16-14-22-8-12-26(36-2)28(19-22)38-4/h6-13,18-20H,14-17H2,1-5H3/b25-18+. The van der Waals surface area contributed by atoms with Crippen molar-refractivity contribution in [3.63, 3.8) is 0 Å². The Morgan fingerprint density at radius 3 is 1.62 bits per heavy atom. The highest BCUT2D eigenvalue weighted by molar-refractivity contribution is 7.80. The number of thiocarbonyl (C=S) groups is 1. The van der Waals surface area contributed by atoms with E-state index in [1.807, 2.05) is 71.6 Å². The minimum atomic E-state index is -0.131. The molecule has 0 N–H and O–H groups in total. The van der Waals surface area contributed by atoms with E-state index in [0.717, 1.165) is 22.4 Å². The van der Waals surface area contributed by atoms with Crippen molar-refractivity contribution in [1.29, 1.82) is 0 Å². The van der Waals surface area contributed by atoms with Crippen LogP contribution in [0.1, 0.15) is 16.7 Å². The molecule has 1 aliphatic rings. The Morgan fingerprint density at radius 1 is 0.650 bits per heavy atom. The maximum absolute atomic E-state index is 13.7. The van der Waals surface area contributed by atoms with Gasteiger partial charge in [0.2, 0.25) is 0 Å². The number of nitrogens with zero attached hydrogens (tertiary/aromatic N) is 2. The number of hydrogen-bond acceptors (Lipinski definition) is 7. The Labute approximate surface area is 240 Å². The maximum atomic E-state index is 13.7. The topological polar surface area (TPSA) is 69.7 Å². The molecule has 0 bridgehead atoms. The number of rotatable bonds is 12. The summed E-state index contributed by atoms with van der Waals surface area (Å²) < 4.78 is 26.9. The summed E-state index contributed by atoms with van der Waals surface area (Å²) in [5, 5.41) is 0.478. The Bertz CT molecular complexity index is 1390. The summed E-state index contributed by atoms with van der Waals surface area (Å²) in [5.41, 5.74) is 3.46. The highest BCUT2D eigenvalue weighted by Crippen LogP contribution is 2.31. The van der Waals surface area contributed by atoms with Gasteiger partial charge in [-0.2, -0.15) is 0 Å². The van der Waals surface area contributed by atoms with Crippen LogP contribution in [0.2, 0.25) is 0 Å². The minimum Gasteiger partial charge on any atom is -0.497 e. The summed E-state index contributed by atoms with van der Waals surface area (Å²) >= 11 is 5.86. The molecule has 1 aliphatic heterocycles. The van der Waals surface area contributed by atoms with Crippen molar-refractivity contribution >= 4 is 29.3 Å². The molecule has 0 saturated carbocycles. The number of methoxy groups -OCH3 is 5. The molecule has 1 heterocycles. The van der Waals surface area contributed by atoms with E-state index in [1.165, 1.54) is 0 Å². The van der Waals surface area contributed by atoms with E-state index in [1.54, 1.807) is 40.4 Å². The first-order chi connectivity index (χ1) is 19.4. The SMILES string of the molecule is COc1ccc(/C=C2\C(=O)N(CCc3ccc(OC)c(OC)c3)C(=S)N2CCc2ccc(OC)c(OC)c2)cc1. The molecule has 0 aliphatic carbocycles. The molecule has 0 radical (unpaired) electrons. The van der Waals surface area contributed by atoms with Gasteiger partial charge in [0.15, 0.2) is 28.1 Å². The fourth-order valence-corrected chi connectivity index (χ4v) is 4.92. The van der Waals surface area contributed by atoms with Crippen molar-refractivity contribution in [2.24, 2.45) is 0 Å². The van der Waals surface area contributed by atoms with Crippen LogP contribution >= 0.6 is 12.2 Å². The molecule has 1 amide bonds. The van der Waals surface area contributed by atoms with Gasteiger partial charge in [-0.1, -0.05) is 24.3 Å². The van der Waals surface area contributed by atoms with Gasteiger partial charge in [-0.05, 0) is 84.2 Å². The van der Waals surface area contributed by atoms with E-state index >= 15 is 0 Å². The molecule has 9 heteroatoms. The predicted octanol–water partition coefficient (Wildman–Crippen LogP) is 4.99. The molecule has 3 aromatic rings. The van der Waals surface area contributed by atoms with Gasteiger partial charge < -0.3 is 28.6 Å². The lowest BCUT2D eigenvalue weighted by Crippen LogP contribution is -2.35. The third kappa shape index (κ3) is 6.31. The number of hydrogen-bond donors (Lipinski definition) is 0. The Morgan fingerprint density at radius 2 is 1.15 bits per heavy atom. The van der Waals surface area contributed by atoms with E-state index < -0.39 is 0 Å². The molecular weight excluding hydrogens is 528 g/mol. The largest absolute Gasteiger partial charge is 0.497 e. The molecule has 0 atom stereocenters. The summed E-state index contributed by atoms with van der Waals surface area (Å²) in [7, 11) is 8.05. The van der Waals surface area contributed by atoms with Crippen molar-refractivity contribution < 1.29 is 28.5 Å². The van der Waals surface area contributed by atoms with Crippen molar-refractivity contribution in [3.05, 3.63) is 83.1 Å². The van der Waals surface area contributed by atoms with Crippen molar-refractivity contribution in [2.75, 3.05) is 48.6 Å². The second-order valence-electron chi connectivity index (χ2n) is 9.07. The fourth-order valence-electron chi connectivity index (χ4n) is 4.55. The van der Waals surface area contributed by atoms with Crippen LogP contribution in [-0.4, -0.2) is 69.5 Å². The zero-order valence-electron chi connectivity index (χ0n) is 23.4. The van der Waals surface area contributed by atoms with Gasteiger partial charge in [0.1, 0.15) is 11.4 Å². The molecule has 3 aromatic carbocycles. The first-order valence-corrected chi connectivity index (χ1v) is 13.2. The van der Waals surface area contributed by atoms with Crippen LogP contribution < -0.4 is 23.7 Å². The van der Waals surface area contributed by atoms with Crippen molar-refractivity contribution in [2.45, 2.75) is 12.8 Å². The average Bonchev–Trinajstić information content (AvgIpc) is 3.21. The van der Waals surface area contributed by atoms with Gasteiger partial charge in [-0.25, -0.2) is 0 Å². The highest BCUT2D eigenvalue weighted by Gasteiger charge is 2.37. The lowest BCUT2D eigenvalue weighted by Gasteiger charge is -2.21. The third-order valence-electron chi connectivity index (χ3n) is 6.78. The Kier molecular flexibility index (Phi) is 9.50. The van der Waals surface area contributed by atoms with Crippen LogP contribution in [-0.2, 0) is 17.6 Å². The van der Waals surface area contributed by atoms with E-state index in [0.29, 0.717) is 59.7 Å². The molecule has 0 unspecified atom stereocenters. The van der Waals surface area contributed by atoms with Crippen LogP contribution in [0.4, 0.5) is 0 Å². The zero-order valence-corrected chi connectivity index (χ0v) is 24.2. The molecule has 8 nitrogen and oxygen atoms in total. The smallest absolute Gasteiger partial charge is 0.276 e. The first-order valence-electron chi connectivity index (χ1n) is 12.8. The minimum absolute atomic E-state index is 0.131. The fraction of sp³-hybridized carbons (Fsp3) is 0.290. The number of ether oxygens (including phenoxy) is 5. The van der Waals surface area contributed by atoms with Crippen LogP contribution in [0.25, 0.3) is 6.08 Å². The van der Waals surface area contributed by atoms with Gasteiger partial charge in [0.25, 0.3) is 5.91 Å². The molecule has 1 fully saturated rings. The molecule has 1 saturated heterocycles. The molecule has 0 spiro atoms. The number of amides is 1. The lowest BCUT2D eigenvalue weighted by atomic mass is 10.1. The van der Waals surface area contributed by atoms with Crippen LogP contribution in [0, 0.1) is 0 Å². The third-order valence-corrected chi connectivity index (χ3v) is 7.22. The number of benzene rings is 3. The highest BCUT2D eigenvalue weighted by atomic mass is 32.1. The average molecular weight is 563 g/mol. The summed E-state index contributed by atoms with van der Waals surface area (Å²) in [4.78, 5) is 17.3. The quantitative estimate of drug-likeness (QED) is 0.226. The number of carbonyl (C=O) groups excluding carboxylic acids is 1. The van der Waals surface area contributed by atoms with Gasteiger partial charge in [0.05, 0.1) is 35.5 Å². The molecular formula is C31H34N2O6S. The van der Waals surface area contributed by atoms with Gasteiger partial charge in [0, 0.05) is 13.1 Å². The normalized spacial score (nSPS) is 14.1. The van der Waals surface area contributed by atoms with Crippen molar-refractivity contribution in [3.8, 4) is 28.7 Å². The molecule has 0 aromatic heterocycles. The second kappa shape index (κ2) is 13.2. The van der Waals surface area contributed by atoms with E-state index in [-0.39, 0.29) is 5.91 Å². The molecule has 40 heavy (non-hydrogen) atoms. The summed E-state index contributed by atoms with van der Waals surface area (Å²) in [6.07, 6.45) is 3.13. The maximum Gasteiger partial charge on any atom is 0.276 e. The monoisotopic (exact) mass is 562 g/mol. The Hall–Kier alpha value is -4.24. The summed E-state index contributed by atoms with van der Waals surface area (Å²) in [6.45, 7) is 0.953. The van der Waals surface area contributed by atoms with E-state index in [4.69, 9.17) is 35.9 Å². The summed E-state index contributed by atoms with van der Waals surface area (Å²) in [5.74, 6) is 3.24. The lowest BCUT2D eigenvalue weighted by molar-refractivity contribution is -0.122. The van der Waals surface area contributed by atoms with Crippen LogP contribution in [0.15, 0.2) is 66.4 Å². The van der Waals surface area contributed by atoms with Gasteiger partial charge >= 0.3 is 0 Å².